The number of methoxy groups -OCH3 is 2. The van der Waals surface area contributed by atoms with Gasteiger partial charge < -0.3 is 9.47 Å². The summed E-state index contributed by atoms with van der Waals surface area (Å²) in [6.07, 6.45) is 1.81. The molecular weight excluding hydrogens is 184 g/mol. The summed E-state index contributed by atoms with van der Waals surface area (Å²) in [5.74, 6) is 0.0888. The normalized spacial score (nSPS) is 38.7. The molecule has 4 atom stereocenters. The van der Waals surface area contributed by atoms with Crippen molar-refractivity contribution in [3.63, 3.8) is 0 Å². The molecule has 14 heavy (non-hydrogen) atoms. The van der Waals surface area contributed by atoms with E-state index in [1.807, 2.05) is 0 Å². The maximum Gasteiger partial charge on any atom is 0.309 e. The third-order valence-electron chi connectivity index (χ3n) is 3.48. The summed E-state index contributed by atoms with van der Waals surface area (Å²) in [5.41, 5.74) is 0. The van der Waals surface area contributed by atoms with Crippen LogP contribution in [-0.2, 0) is 19.1 Å². The van der Waals surface area contributed by atoms with Crippen LogP contribution in [0.2, 0.25) is 0 Å². The molecule has 0 bridgehead atoms. The number of fused-ring (bicyclic) bond motifs is 1. The molecule has 0 aliphatic heterocycles. The van der Waals surface area contributed by atoms with Gasteiger partial charge in [-0.15, -0.1) is 0 Å². The van der Waals surface area contributed by atoms with Gasteiger partial charge in [0.2, 0.25) is 0 Å². The molecule has 78 valence electrons. The number of rotatable bonds is 2. The molecule has 4 heteroatoms. The van der Waals surface area contributed by atoms with Crippen molar-refractivity contribution in [2.45, 2.75) is 12.8 Å². The summed E-state index contributed by atoms with van der Waals surface area (Å²) >= 11 is 0. The molecule has 0 aromatic rings. The van der Waals surface area contributed by atoms with Crippen LogP contribution in [-0.4, -0.2) is 26.2 Å². The summed E-state index contributed by atoms with van der Waals surface area (Å²) in [6.45, 7) is 0. The Hall–Kier alpha value is -1.06. The Balaban J connectivity index is 2.00. The number of carbonyl (C=O) groups excluding carboxylic acids is 2. The van der Waals surface area contributed by atoms with Crippen LogP contribution in [0, 0.1) is 23.7 Å². The molecule has 0 N–H and O–H groups in total. The highest BCUT2D eigenvalue weighted by Crippen LogP contribution is 2.61. The van der Waals surface area contributed by atoms with Crippen LogP contribution in [0.25, 0.3) is 0 Å². The predicted molar refractivity (Wildman–Crippen MR) is 47.2 cm³/mol. The van der Waals surface area contributed by atoms with E-state index in [9.17, 15) is 9.59 Å². The van der Waals surface area contributed by atoms with E-state index in [1.165, 1.54) is 14.2 Å². The molecule has 2 saturated carbocycles. The molecule has 0 amide bonds. The Morgan fingerprint density at radius 3 is 2.29 bits per heavy atom. The number of carbonyl (C=O) groups is 2. The monoisotopic (exact) mass is 198 g/mol. The lowest BCUT2D eigenvalue weighted by Gasteiger charge is -2.10. The fourth-order valence-corrected chi connectivity index (χ4v) is 2.78. The molecule has 0 aromatic heterocycles. The predicted octanol–water partition coefficient (Wildman–Crippen LogP) is 0.605. The zero-order chi connectivity index (χ0) is 10.3. The smallest absolute Gasteiger partial charge is 0.309 e. The summed E-state index contributed by atoms with van der Waals surface area (Å²) < 4.78 is 9.38. The van der Waals surface area contributed by atoms with Gasteiger partial charge in [-0.3, -0.25) is 9.59 Å². The van der Waals surface area contributed by atoms with Crippen LogP contribution in [0.1, 0.15) is 12.8 Å². The van der Waals surface area contributed by atoms with Crippen molar-refractivity contribution in [1.82, 2.24) is 0 Å². The van der Waals surface area contributed by atoms with Gasteiger partial charge >= 0.3 is 11.9 Å². The summed E-state index contributed by atoms with van der Waals surface area (Å²) in [7, 11) is 2.79. The Kier molecular flexibility index (Phi) is 2.21. The zero-order valence-electron chi connectivity index (χ0n) is 8.36. The lowest BCUT2D eigenvalue weighted by Crippen LogP contribution is -2.19. The molecule has 2 aliphatic carbocycles. The van der Waals surface area contributed by atoms with Crippen molar-refractivity contribution in [1.29, 1.82) is 0 Å². The first kappa shape index (κ1) is 9.49. The molecule has 2 aliphatic rings. The van der Waals surface area contributed by atoms with E-state index in [4.69, 9.17) is 4.74 Å². The van der Waals surface area contributed by atoms with Crippen molar-refractivity contribution in [2.75, 3.05) is 14.2 Å². The lowest BCUT2D eigenvalue weighted by molar-refractivity contribution is -0.147. The highest BCUT2D eigenvalue weighted by molar-refractivity contribution is 5.81. The first-order chi connectivity index (χ1) is 6.70. The van der Waals surface area contributed by atoms with Crippen LogP contribution < -0.4 is 0 Å². The zero-order valence-corrected chi connectivity index (χ0v) is 8.36. The van der Waals surface area contributed by atoms with E-state index in [1.54, 1.807) is 0 Å². The highest BCUT2D eigenvalue weighted by Gasteiger charge is 2.64. The van der Waals surface area contributed by atoms with Gasteiger partial charge in [0.05, 0.1) is 26.1 Å². The number of hydrogen-bond acceptors (Lipinski definition) is 4. The molecular formula is C10H14O4. The van der Waals surface area contributed by atoms with Crippen LogP contribution >= 0.6 is 0 Å². The third-order valence-corrected chi connectivity index (χ3v) is 3.48. The molecule has 2 rings (SSSR count). The number of esters is 2. The maximum absolute atomic E-state index is 11.3. The van der Waals surface area contributed by atoms with E-state index >= 15 is 0 Å². The topological polar surface area (TPSA) is 52.6 Å². The maximum atomic E-state index is 11.3. The lowest BCUT2D eigenvalue weighted by atomic mass is 10.0. The molecule has 2 fully saturated rings. The largest absolute Gasteiger partial charge is 0.469 e. The number of hydrogen-bond donors (Lipinski definition) is 0. The SMILES string of the molecule is COC(=O)C1CCC2C(C(=O)OC)C12. The van der Waals surface area contributed by atoms with Crippen LogP contribution in [0.3, 0.4) is 0 Å². The minimum Gasteiger partial charge on any atom is -0.469 e. The van der Waals surface area contributed by atoms with E-state index in [0.717, 1.165) is 12.8 Å². The molecule has 4 nitrogen and oxygen atoms in total. The Morgan fingerprint density at radius 2 is 1.71 bits per heavy atom. The second-order valence-electron chi connectivity index (χ2n) is 4.00. The van der Waals surface area contributed by atoms with Crippen molar-refractivity contribution < 1.29 is 19.1 Å². The van der Waals surface area contributed by atoms with Crippen LogP contribution in [0.4, 0.5) is 0 Å². The quantitative estimate of drug-likeness (QED) is 0.610. The van der Waals surface area contributed by atoms with Gasteiger partial charge in [-0.25, -0.2) is 0 Å². The second kappa shape index (κ2) is 3.26. The third kappa shape index (κ3) is 1.21. The standard InChI is InChI=1S/C10H14O4/c1-13-9(11)6-4-3-5-7(6)8(5)10(12)14-2/h5-8H,3-4H2,1-2H3. The molecule has 0 saturated heterocycles. The fraction of sp³-hybridized carbons (Fsp3) is 0.800. The average Bonchev–Trinajstić information content (AvgIpc) is 2.77. The summed E-state index contributed by atoms with van der Waals surface area (Å²) in [4.78, 5) is 22.6. The first-order valence-electron chi connectivity index (χ1n) is 4.86. The average molecular weight is 198 g/mol. The van der Waals surface area contributed by atoms with Gasteiger partial charge in [0.1, 0.15) is 0 Å². The van der Waals surface area contributed by atoms with Crippen LogP contribution in [0.5, 0.6) is 0 Å². The molecule has 0 heterocycles. The van der Waals surface area contributed by atoms with Gasteiger partial charge in [0.25, 0.3) is 0 Å². The van der Waals surface area contributed by atoms with E-state index in [0.29, 0.717) is 5.92 Å². The minimum atomic E-state index is -0.177. The highest BCUT2D eigenvalue weighted by atomic mass is 16.5. The van der Waals surface area contributed by atoms with E-state index in [-0.39, 0.29) is 29.7 Å². The van der Waals surface area contributed by atoms with E-state index < -0.39 is 0 Å². The van der Waals surface area contributed by atoms with E-state index in [2.05, 4.69) is 4.74 Å². The van der Waals surface area contributed by atoms with Crippen molar-refractivity contribution in [2.24, 2.45) is 23.7 Å². The molecule has 0 aromatic carbocycles. The van der Waals surface area contributed by atoms with Crippen LogP contribution in [0.15, 0.2) is 0 Å². The molecule has 0 radical (unpaired) electrons. The molecule has 4 unspecified atom stereocenters. The van der Waals surface area contributed by atoms with Crippen molar-refractivity contribution in [3.8, 4) is 0 Å². The fourth-order valence-electron chi connectivity index (χ4n) is 2.78. The van der Waals surface area contributed by atoms with Gasteiger partial charge in [-0.05, 0) is 24.7 Å². The van der Waals surface area contributed by atoms with Gasteiger partial charge in [0, 0.05) is 0 Å². The van der Waals surface area contributed by atoms with Gasteiger partial charge in [0.15, 0.2) is 0 Å². The van der Waals surface area contributed by atoms with Crippen molar-refractivity contribution >= 4 is 11.9 Å². The first-order valence-corrected chi connectivity index (χ1v) is 4.86. The summed E-state index contributed by atoms with van der Waals surface area (Å²) in [6, 6.07) is 0. The number of ether oxygens (including phenoxy) is 2. The van der Waals surface area contributed by atoms with Gasteiger partial charge in [-0.1, -0.05) is 0 Å². The summed E-state index contributed by atoms with van der Waals surface area (Å²) in [5, 5.41) is 0. The Labute approximate surface area is 82.6 Å². The van der Waals surface area contributed by atoms with Crippen molar-refractivity contribution in [3.05, 3.63) is 0 Å². The van der Waals surface area contributed by atoms with Gasteiger partial charge in [-0.2, -0.15) is 0 Å². The minimum absolute atomic E-state index is 0.0437. The Bertz CT molecular complexity index is 273. The molecule has 0 spiro atoms. The second-order valence-corrected chi connectivity index (χ2v) is 4.00. The Morgan fingerprint density at radius 1 is 1.07 bits per heavy atom.